The summed E-state index contributed by atoms with van der Waals surface area (Å²) in [6, 6.07) is 15.4. The Labute approximate surface area is 176 Å². The summed E-state index contributed by atoms with van der Waals surface area (Å²) in [5.41, 5.74) is 1.56. The Balaban J connectivity index is 1.69. The lowest BCUT2D eigenvalue weighted by Crippen LogP contribution is -2.21. The number of amides is 1. The van der Waals surface area contributed by atoms with E-state index in [2.05, 4.69) is 10.3 Å². The SMILES string of the molecule is O=C(Nc1cccc2c(=O)n(Cc3cccnc3)ccc12)c1cc(Cl)ccc1Cl. The summed E-state index contributed by atoms with van der Waals surface area (Å²) in [5.74, 6) is -0.399. The smallest absolute Gasteiger partial charge is 0.258 e. The van der Waals surface area contributed by atoms with E-state index in [9.17, 15) is 9.59 Å². The molecule has 1 amide bonds. The third-order valence-electron chi connectivity index (χ3n) is 4.52. The minimum absolute atomic E-state index is 0.150. The third-order valence-corrected chi connectivity index (χ3v) is 5.08. The van der Waals surface area contributed by atoms with E-state index in [1.54, 1.807) is 53.5 Å². The molecule has 2 aromatic heterocycles. The second kappa shape index (κ2) is 8.07. The summed E-state index contributed by atoms with van der Waals surface area (Å²) in [5, 5.41) is 4.69. The molecule has 5 nitrogen and oxygen atoms in total. The Bertz CT molecular complexity index is 1270. The van der Waals surface area contributed by atoms with Gasteiger partial charge in [-0.15, -0.1) is 0 Å². The van der Waals surface area contributed by atoms with Crippen LogP contribution in [0.4, 0.5) is 5.69 Å². The normalized spacial score (nSPS) is 10.8. The van der Waals surface area contributed by atoms with Crippen molar-refractivity contribution >= 4 is 45.6 Å². The van der Waals surface area contributed by atoms with Gasteiger partial charge < -0.3 is 9.88 Å². The summed E-state index contributed by atoms with van der Waals surface area (Å²) in [6.07, 6.45) is 5.12. The summed E-state index contributed by atoms with van der Waals surface area (Å²) in [6.45, 7) is 0.414. The monoisotopic (exact) mass is 423 g/mol. The van der Waals surface area contributed by atoms with Crippen LogP contribution in [0.2, 0.25) is 10.0 Å². The molecule has 4 aromatic rings. The lowest BCUT2D eigenvalue weighted by Gasteiger charge is -2.12. The van der Waals surface area contributed by atoms with Gasteiger partial charge in [0, 0.05) is 40.1 Å². The summed E-state index contributed by atoms with van der Waals surface area (Å²) >= 11 is 12.1. The topological polar surface area (TPSA) is 64.0 Å². The standard InChI is InChI=1S/C22H15Cl2N3O2/c23-15-6-7-19(24)18(11-15)21(28)26-20-5-1-4-17-16(20)8-10-27(22(17)29)13-14-3-2-9-25-12-14/h1-12H,13H2,(H,26,28). The maximum Gasteiger partial charge on any atom is 0.258 e. The van der Waals surface area contributed by atoms with Gasteiger partial charge in [-0.2, -0.15) is 0 Å². The molecule has 0 spiro atoms. The molecular formula is C22H15Cl2N3O2. The molecule has 0 bridgehead atoms. The number of benzene rings is 2. The number of pyridine rings is 2. The van der Waals surface area contributed by atoms with Crippen LogP contribution in [0.25, 0.3) is 10.8 Å². The molecule has 0 unspecified atom stereocenters. The number of hydrogen-bond acceptors (Lipinski definition) is 3. The molecule has 0 radical (unpaired) electrons. The molecule has 0 saturated heterocycles. The molecule has 29 heavy (non-hydrogen) atoms. The molecule has 2 heterocycles. The fourth-order valence-electron chi connectivity index (χ4n) is 3.10. The maximum atomic E-state index is 12.9. The Morgan fingerprint density at radius 2 is 1.90 bits per heavy atom. The first-order valence-electron chi connectivity index (χ1n) is 8.80. The zero-order chi connectivity index (χ0) is 20.4. The maximum absolute atomic E-state index is 12.9. The van der Waals surface area contributed by atoms with Crippen LogP contribution in [0.15, 0.2) is 78.0 Å². The van der Waals surface area contributed by atoms with E-state index in [0.717, 1.165) is 5.56 Å². The van der Waals surface area contributed by atoms with E-state index in [1.807, 2.05) is 18.2 Å². The summed E-state index contributed by atoms with van der Waals surface area (Å²) in [7, 11) is 0. The predicted octanol–water partition coefficient (Wildman–Crippen LogP) is 5.00. The van der Waals surface area contributed by atoms with Gasteiger partial charge >= 0.3 is 0 Å². The first-order valence-corrected chi connectivity index (χ1v) is 9.56. The zero-order valence-electron chi connectivity index (χ0n) is 15.1. The Morgan fingerprint density at radius 3 is 2.69 bits per heavy atom. The number of carbonyl (C=O) groups excluding carboxylic acids is 1. The van der Waals surface area contributed by atoms with Crippen LogP contribution in [0, 0.1) is 0 Å². The van der Waals surface area contributed by atoms with Gasteiger partial charge in [0.2, 0.25) is 0 Å². The van der Waals surface area contributed by atoms with E-state index in [0.29, 0.717) is 33.0 Å². The molecular weight excluding hydrogens is 409 g/mol. The first-order chi connectivity index (χ1) is 14.0. The molecule has 144 valence electrons. The van der Waals surface area contributed by atoms with Crippen molar-refractivity contribution < 1.29 is 4.79 Å². The van der Waals surface area contributed by atoms with Crippen LogP contribution in [-0.2, 0) is 6.54 Å². The van der Waals surface area contributed by atoms with Crippen molar-refractivity contribution in [2.24, 2.45) is 0 Å². The number of nitrogens with zero attached hydrogens (tertiary/aromatic N) is 2. The fraction of sp³-hybridized carbons (Fsp3) is 0.0455. The van der Waals surface area contributed by atoms with Crippen molar-refractivity contribution in [3.05, 3.63) is 105 Å². The number of anilines is 1. The molecule has 0 aliphatic rings. The number of nitrogens with one attached hydrogen (secondary N) is 1. The minimum atomic E-state index is -0.399. The lowest BCUT2D eigenvalue weighted by atomic mass is 10.1. The highest BCUT2D eigenvalue weighted by Crippen LogP contribution is 2.25. The number of halogens is 2. The largest absolute Gasteiger partial charge is 0.321 e. The summed E-state index contributed by atoms with van der Waals surface area (Å²) < 4.78 is 1.61. The van der Waals surface area contributed by atoms with Crippen LogP contribution in [0.1, 0.15) is 15.9 Å². The van der Waals surface area contributed by atoms with Gasteiger partial charge in [0.25, 0.3) is 11.5 Å². The van der Waals surface area contributed by atoms with Crippen molar-refractivity contribution in [3.63, 3.8) is 0 Å². The van der Waals surface area contributed by atoms with E-state index in [-0.39, 0.29) is 11.1 Å². The van der Waals surface area contributed by atoms with Crippen molar-refractivity contribution in [1.82, 2.24) is 9.55 Å². The molecule has 0 fully saturated rings. The average molecular weight is 424 g/mol. The van der Waals surface area contributed by atoms with Crippen molar-refractivity contribution in [2.45, 2.75) is 6.54 Å². The van der Waals surface area contributed by atoms with E-state index in [1.165, 1.54) is 6.07 Å². The molecule has 0 saturated carbocycles. The van der Waals surface area contributed by atoms with Crippen LogP contribution in [0.3, 0.4) is 0 Å². The Kier molecular flexibility index (Phi) is 5.34. The number of hydrogen-bond donors (Lipinski definition) is 1. The highest BCUT2D eigenvalue weighted by Gasteiger charge is 2.14. The third kappa shape index (κ3) is 4.01. The first kappa shape index (κ1) is 19.2. The Hall–Kier alpha value is -3.15. The van der Waals surface area contributed by atoms with Gasteiger partial charge in [-0.3, -0.25) is 14.6 Å². The fourth-order valence-corrected chi connectivity index (χ4v) is 3.48. The highest BCUT2D eigenvalue weighted by atomic mass is 35.5. The molecule has 7 heteroatoms. The number of carbonyl (C=O) groups is 1. The zero-order valence-corrected chi connectivity index (χ0v) is 16.6. The van der Waals surface area contributed by atoms with Crippen molar-refractivity contribution in [1.29, 1.82) is 0 Å². The van der Waals surface area contributed by atoms with Gasteiger partial charge in [0.15, 0.2) is 0 Å². The predicted molar refractivity (Wildman–Crippen MR) is 116 cm³/mol. The lowest BCUT2D eigenvalue weighted by molar-refractivity contribution is 0.102. The highest BCUT2D eigenvalue weighted by molar-refractivity contribution is 6.36. The molecule has 0 aliphatic carbocycles. The van der Waals surface area contributed by atoms with E-state index < -0.39 is 5.91 Å². The minimum Gasteiger partial charge on any atom is -0.321 e. The molecule has 0 atom stereocenters. The summed E-state index contributed by atoms with van der Waals surface area (Å²) in [4.78, 5) is 29.7. The van der Waals surface area contributed by atoms with Gasteiger partial charge in [0.1, 0.15) is 0 Å². The molecule has 4 rings (SSSR count). The van der Waals surface area contributed by atoms with Crippen LogP contribution in [-0.4, -0.2) is 15.5 Å². The van der Waals surface area contributed by atoms with Gasteiger partial charge in [0.05, 0.1) is 17.1 Å². The second-order valence-corrected chi connectivity index (χ2v) is 7.30. The second-order valence-electron chi connectivity index (χ2n) is 6.46. The van der Waals surface area contributed by atoms with Gasteiger partial charge in [-0.1, -0.05) is 35.3 Å². The molecule has 1 N–H and O–H groups in total. The van der Waals surface area contributed by atoms with Crippen LogP contribution >= 0.6 is 23.2 Å². The van der Waals surface area contributed by atoms with Crippen molar-refractivity contribution in [2.75, 3.05) is 5.32 Å². The van der Waals surface area contributed by atoms with Gasteiger partial charge in [-0.25, -0.2) is 0 Å². The molecule has 0 aliphatic heterocycles. The number of rotatable bonds is 4. The van der Waals surface area contributed by atoms with Crippen molar-refractivity contribution in [3.8, 4) is 0 Å². The number of aromatic nitrogens is 2. The molecule has 2 aromatic carbocycles. The Morgan fingerprint density at radius 1 is 1.03 bits per heavy atom. The van der Waals surface area contributed by atoms with Crippen LogP contribution < -0.4 is 10.9 Å². The van der Waals surface area contributed by atoms with E-state index in [4.69, 9.17) is 23.2 Å². The van der Waals surface area contributed by atoms with Crippen LogP contribution in [0.5, 0.6) is 0 Å². The average Bonchev–Trinajstić information content (AvgIpc) is 2.73. The number of fused-ring (bicyclic) bond motifs is 1. The quantitative estimate of drug-likeness (QED) is 0.501. The van der Waals surface area contributed by atoms with E-state index >= 15 is 0 Å². The van der Waals surface area contributed by atoms with Gasteiger partial charge in [-0.05, 0) is 48.0 Å².